The van der Waals surface area contributed by atoms with Crippen molar-refractivity contribution in [3.8, 4) is 11.3 Å². The molecule has 1 N–H and O–H groups in total. The van der Waals surface area contributed by atoms with Crippen LogP contribution in [0.5, 0.6) is 0 Å². The zero-order valence-corrected chi connectivity index (χ0v) is 10.7. The van der Waals surface area contributed by atoms with Crippen molar-refractivity contribution in [2.75, 3.05) is 6.54 Å². The van der Waals surface area contributed by atoms with Crippen molar-refractivity contribution in [2.45, 2.75) is 26.8 Å². The summed E-state index contributed by atoms with van der Waals surface area (Å²) in [5.74, 6) is 0.776. The first-order valence-electron chi connectivity index (χ1n) is 6.12. The number of hydrogen-bond donors (Lipinski definition) is 1. The van der Waals surface area contributed by atoms with Gasteiger partial charge < -0.3 is 9.73 Å². The van der Waals surface area contributed by atoms with E-state index in [1.807, 2.05) is 13.0 Å². The van der Waals surface area contributed by atoms with E-state index in [0.29, 0.717) is 23.8 Å². The molecule has 0 aliphatic heterocycles. The summed E-state index contributed by atoms with van der Waals surface area (Å²) in [7, 11) is 0. The molecule has 2 aromatic rings. The van der Waals surface area contributed by atoms with Crippen LogP contribution in [0.2, 0.25) is 0 Å². The van der Waals surface area contributed by atoms with Gasteiger partial charge in [0.2, 0.25) is 5.89 Å². The molecule has 0 atom stereocenters. The van der Waals surface area contributed by atoms with E-state index in [1.165, 1.54) is 6.07 Å². The zero-order valence-electron chi connectivity index (χ0n) is 10.7. The van der Waals surface area contributed by atoms with Crippen molar-refractivity contribution < 1.29 is 8.81 Å². The first kappa shape index (κ1) is 12.8. The van der Waals surface area contributed by atoms with E-state index < -0.39 is 0 Å². The number of benzene rings is 1. The maximum atomic E-state index is 13.7. The molecule has 1 heterocycles. The van der Waals surface area contributed by atoms with Crippen molar-refractivity contribution >= 4 is 0 Å². The zero-order chi connectivity index (χ0) is 13.0. The number of oxazole rings is 1. The summed E-state index contributed by atoms with van der Waals surface area (Å²) in [6, 6.07) is 5.07. The third kappa shape index (κ3) is 2.96. The fourth-order valence-corrected chi connectivity index (χ4v) is 1.71. The van der Waals surface area contributed by atoms with Gasteiger partial charge in [0.1, 0.15) is 5.82 Å². The average Bonchev–Trinajstić information content (AvgIpc) is 2.78. The number of rotatable bonds is 5. The molecular weight excluding hydrogens is 231 g/mol. The van der Waals surface area contributed by atoms with Crippen molar-refractivity contribution in [3.05, 3.63) is 41.7 Å². The van der Waals surface area contributed by atoms with Gasteiger partial charge in [0.05, 0.1) is 18.3 Å². The van der Waals surface area contributed by atoms with Crippen LogP contribution < -0.4 is 5.32 Å². The smallest absolute Gasteiger partial charge is 0.208 e. The minimum atomic E-state index is -0.279. The second-order valence-electron chi connectivity index (χ2n) is 4.28. The molecule has 3 nitrogen and oxygen atoms in total. The summed E-state index contributed by atoms with van der Waals surface area (Å²) in [6.07, 6.45) is 2.62. The second kappa shape index (κ2) is 5.78. The van der Waals surface area contributed by atoms with Gasteiger partial charge in [0.25, 0.3) is 0 Å². The van der Waals surface area contributed by atoms with Crippen LogP contribution in [0.4, 0.5) is 4.39 Å². The minimum absolute atomic E-state index is 0.279. The lowest BCUT2D eigenvalue weighted by Gasteiger charge is -2.00. The molecule has 0 fully saturated rings. The normalized spacial score (nSPS) is 10.8. The van der Waals surface area contributed by atoms with E-state index in [-0.39, 0.29) is 5.82 Å². The summed E-state index contributed by atoms with van der Waals surface area (Å²) in [4.78, 5) is 4.13. The number of hydrogen-bond acceptors (Lipinski definition) is 3. The SMILES string of the molecule is CCCNCc1ncc(-c2ccc(C)cc2F)o1. The van der Waals surface area contributed by atoms with Gasteiger partial charge in [0.15, 0.2) is 5.76 Å². The maximum Gasteiger partial charge on any atom is 0.208 e. The molecule has 1 aromatic carbocycles. The van der Waals surface area contributed by atoms with E-state index in [1.54, 1.807) is 12.3 Å². The van der Waals surface area contributed by atoms with E-state index in [0.717, 1.165) is 18.5 Å². The summed E-state index contributed by atoms with van der Waals surface area (Å²) in [6.45, 7) is 5.43. The predicted octanol–water partition coefficient (Wildman–Crippen LogP) is 3.29. The van der Waals surface area contributed by atoms with Gasteiger partial charge >= 0.3 is 0 Å². The summed E-state index contributed by atoms with van der Waals surface area (Å²) < 4.78 is 19.3. The highest BCUT2D eigenvalue weighted by molar-refractivity contribution is 5.57. The van der Waals surface area contributed by atoms with Gasteiger partial charge in [-0.25, -0.2) is 9.37 Å². The standard InChI is InChI=1S/C14H17FN2O/c1-3-6-16-9-14-17-8-13(18-14)11-5-4-10(2)7-12(11)15/h4-5,7-8,16H,3,6,9H2,1-2H3. The van der Waals surface area contributed by atoms with E-state index in [4.69, 9.17) is 4.42 Å². The highest BCUT2D eigenvalue weighted by Crippen LogP contribution is 2.24. The Morgan fingerprint density at radius 1 is 1.39 bits per heavy atom. The van der Waals surface area contributed by atoms with E-state index in [2.05, 4.69) is 17.2 Å². The van der Waals surface area contributed by atoms with Crippen molar-refractivity contribution in [2.24, 2.45) is 0 Å². The number of aromatic nitrogens is 1. The first-order chi connectivity index (χ1) is 8.70. The average molecular weight is 248 g/mol. The topological polar surface area (TPSA) is 38.1 Å². The molecule has 2 rings (SSSR count). The lowest BCUT2D eigenvalue weighted by Crippen LogP contribution is -2.13. The molecule has 4 heteroatoms. The molecule has 18 heavy (non-hydrogen) atoms. The Bertz CT molecular complexity index is 522. The third-order valence-corrected chi connectivity index (χ3v) is 2.65. The maximum absolute atomic E-state index is 13.7. The Kier molecular flexibility index (Phi) is 4.10. The summed E-state index contributed by atoms with van der Waals surface area (Å²) >= 11 is 0. The molecule has 0 radical (unpaired) electrons. The van der Waals surface area contributed by atoms with Crippen LogP contribution in [0.1, 0.15) is 24.8 Å². The lowest BCUT2D eigenvalue weighted by molar-refractivity contribution is 0.475. The second-order valence-corrected chi connectivity index (χ2v) is 4.28. The van der Waals surface area contributed by atoms with Gasteiger partial charge in [-0.1, -0.05) is 13.0 Å². The van der Waals surface area contributed by atoms with E-state index in [9.17, 15) is 4.39 Å². The summed E-state index contributed by atoms with van der Waals surface area (Å²) in [5, 5.41) is 3.19. The fourth-order valence-electron chi connectivity index (χ4n) is 1.71. The Hall–Kier alpha value is -1.68. The molecular formula is C14H17FN2O. The quantitative estimate of drug-likeness (QED) is 0.825. The monoisotopic (exact) mass is 248 g/mol. The molecule has 0 unspecified atom stereocenters. The van der Waals surface area contributed by atoms with Gasteiger partial charge in [-0.15, -0.1) is 0 Å². The van der Waals surface area contributed by atoms with Crippen LogP contribution in [-0.2, 0) is 6.54 Å². The largest absolute Gasteiger partial charge is 0.439 e. The van der Waals surface area contributed by atoms with Gasteiger partial charge in [-0.2, -0.15) is 0 Å². The molecule has 0 spiro atoms. The molecule has 0 amide bonds. The van der Waals surface area contributed by atoms with Crippen LogP contribution in [0.25, 0.3) is 11.3 Å². The summed E-state index contributed by atoms with van der Waals surface area (Å²) in [5.41, 5.74) is 1.34. The number of aryl methyl sites for hydroxylation is 1. The highest BCUT2D eigenvalue weighted by Gasteiger charge is 2.10. The molecule has 0 saturated heterocycles. The van der Waals surface area contributed by atoms with Crippen molar-refractivity contribution in [3.63, 3.8) is 0 Å². The van der Waals surface area contributed by atoms with Gasteiger partial charge in [0, 0.05) is 0 Å². The van der Waals surface area contributed by atoms with Crippen molar-refractivity contribution in [1.29, 1.82) is 0 Å². The van der Waals surface area contributed by atoms with Crippen molar-refractivity contribution in [1.82, 2.24) is 10.3 Å². The molecule has 0 saturated carbocycles. The van der Waals surface area contributed by atoms with Gasteiger partial charge in [-0.05, 0) is 37.6 Å². The Labute approximate surface area is 106 Å². The molecule has 0 aliphatic rings. The van der Waals surface area contributed by atoms with Gasteiger partial charge in [-0.3, -0.25) is 0 Å². The predicted molar refractivity (Wildman–Crippen MR) is 68.6 cm³/mol. The van der Waals surface area contributed by atoms with Crippen LogP contribution in [-0.4, -0.2) is 11.5 Å². The first-order valence-corrected chi connectivity index (χ1v) is 6.12. The van der Waals surface area contributed by atoms with Crippen LogP contribution in [0, 0.1) is 12.7 Å². The minimum Gasteiger partial charge on any atom is -0.439 e. The highest BCUT2D eigenvalue weighted by atomic mass is 19.1. The molecule has 0 aliphatic carbocycles. The Morgan fingerprint density at radius 3 is 2.94 bits per heavy atom. The van der Waals surface area contributed by atoms with Crippen LogP contribution in [0.15, 0.2) is 28.8 Å². The number of nitrogens with zero attached hydrogens (tertiary/aromatic N) is 1. The molecule has 0 bridgehead atoms. The number of nitrogens with one attached hydrogen (secondary N) is 1. The Balaban J connectivity index is 2.13. The third-order valence-electron chi connectivity index (χ3n) is 2.65. The molecule has 96 valence electrons. The van der Waals surface area contributed by atoms with E-state index >= 15 is 0 Å². The fraction of sp³-hybridized carbons (Fsp3) is 0.357. The molecule has 1 aromatic heterocycles. The Morgan fingerprint density at radius 2 is 2.22 bits per heavy atom. The lowest BCUT2D eigenvalue weighted by atomic mass is 10.1. The number of halogens is 1. The van der Waals surface area contributed by atoms with Crippen LogP contribution >= 0.6 is 0 Å². The van der Waals surface area contributed by atoms with Crippen LogP contribution in [0.3, 0.4) is 0 Å².